The Labute approximate surface area is 212 Å². The maximum Gasteiger partial charge on any atom is 0.338 e. The lowest BCUT2D eigenvalue weighted by Crippen LogP contribution is -2.48. The molecule has 0 spiro atoms. The second kappa shape index (κ2) is 9.45. The number of fused-ring (bicyclic) bond motifs is 2. The fourth-order valence-corrected chi connectivity index (χ4v) is 6.63. The number of nitrogens with zero attached hydrogens (tertiary/aromatic N) is 2. The Morgan fingerprint density at radius 2 is 1.67 bits per heavy atom. The number of benzene rings is 1. The van der Waals surface area contributed by atoms with Crippen LogP contribution >= 0.6 is 11.8 Å². The Morgan fingerprint density at radius 1 is 1.08 bits per heavy atom. The summed E-state index contributed by atoms with van der Waals surface area (Å²) in [6, 6.07) is 2.61. The second-order valence-corrected chi connectivity index (χ2v) is 12.0. The van der Waals surface area contributed by atoms with Gasteiger partial charge in [0.15, 0.2) is 5.60 Å². The van der Waals surface area contributed by atoms with Gasteiger partial charge in [-0.25, -0.2) is 4.79 Å². The highest BCUT2D eigenvalue weighted by molar-refractivity contribution is 8.15. The van der Waals surface area contributed by atoms with Gasteiger partial charge in [0.25, 0.3) is 11.4 Å². The van der Waals surface area contributed by atoms with Gasteiger partial charge in [-0.05, 0) is 39.5 Å². The lowest BCUT2D eigenvalue weighted by molar-refractivity contribution is -0.394. The van der Waals surface area contributed by atoms with Gasteiger partial charge >= 0.3 is 11.9 Å². The molecule has 0 amide bonds. The number of hydrogen-bond donors (Lipinski definition) is 0. The van der Waals surface area contributed by atoms with E-state index < -0.39 is 48.4 Å². The van der Waals surface area contributed by atoms with Crippen LogP contribution in [0.4, 0.5) is 11.4 Å². The maximum atomic E-state index is 13.6. The molecule has 2 bridgehead atoms. The minimum atomic E-state index is -1.21. The normalized spacial score (nSPS) is 25.6. The van der Waals surface area contributed by atoms with E-state index in [0.717, 1.165) is 36.4 Å². The van der Waals surface area contributed by atoms with Crippen LogP contribution in [0, 0.1) is 31.1 Å². The van der Waals surface area contributed by atoms with Gasteiger partial charge in [-0.2, -0.15) is 0 Å². The Bertz CT molecular complexity index is 1100. The van der Waals surface area contributed by atoms with Crippen molar-refractivity contribution in [3.8, 4) is 0 Å². The summed E-state index contributed by atoms with van der Waals surface area (Å²) in [5.41, 5.74) is -4.09. The summed E-state index contributed by atoms with van der Waals surface area (Å²) in [5.74, 6) is -1.29. The molecule has 196 valence electrons. The average Bonchev–Trinajstić information content (AvgIpc) is 3.09. The van der Waals surface area contributed by atoms with E-state index in [1.54, 1.807) is 0 Å². The zero-order valence-corrected chi connectivity index (χ0v) is 21.8. The summed E-state index contributed by atoms with van der Waals surface area (Å²) < 4.78 is 10.4. The smallest absolute Gasteiger partial charge is 0.338 e. The lowest BCUT2D eigenvalue weighted by atomic mass is 9.67. The molecule has 1 aromatic carbocycles. The molecule has 1 aliphatic carbocycles. The number of nitro groups is 2. The first-order valence-corrected chi connectivity index (χ1v) is 12.5. The summed E-state index contributed by atoms with van der Waals surface area (Å²) in [4.78, 5) is 59.2. The van der Waals surface area contributed by atoms with Crippen molar-refractivity contribution in [3.63, 3.8) is 0 Å². The fraction of sp³-hybridized carbons (Fsp3) is 0.625. The van der Waals surface area contributed by atoms with Gasteiger partial charge in [0.05, 0.1) is 33.5 Å². The third-order valence-corrected chi connectivity index (χ3v) is 9.37. The van der Waals surface area contributed by atoms with E-state index in [-0.39, 0.29) is 29.7 Å². The van der Waals surface area contributed by atoms with Crippen molar-refractivity contribution >= 4 is 40.2 Å². The third-order valence-electron chi connectivity index (χ3n) is 7.96. The molecule has 2 aliphatic rings. The molecule has 0 aromatic heterocycles. The van der Waals surface area contributed by atoms with Crippen LogP contribution in [0.25, 0.3) is 0 Å². The Hall–Kier alpha value is -3.02. The first-order chi connectivity index (χ1) is 16.6. The highest BCUT2D eigenvalue weighted by atomic mass is 32.2. The number of carbonyl (C=O) groups excluding carboxylic acids is 3. The van der Waals surface area contributed by atoms with E-state index in [1.165, 1.54) is 0 Å². The fourth-order valence-electron chi connectivity index (χ4n) is 5.13. The highest BCUT2D eigenvalue weighted by Gasteiger charge is 2.75. The van der Waals surface area contributed by atoms with Gasteiger partial charge < -0.3 is 9.47 Å². The van der Waals surface area contributed by atoms with Crippen LogP contribution in [-0.4, -0.2) is 43.9 Å². The Balaban J connectivity index is 1.72. The van der Waals surface area contributed by atoms with E-state index in [1.807, 2.05) is 34.6 Å². The first-order valence-electron chi connectivity index (χ1n) is 11.7. The van der Waals surface area contributed by atoms with Crippen LogP contribution in [0.1, 0.15) is 77.1 Å². The molecule has 12 heteroatoms. The van der Waals surface area contributed by atoms with E-state index >= 15 is 0 Å². The zero-order chi connectivity index (χ0) is 27.1. The third kappa shape index (κ3) is 4.46. The van der Waals surface area contributed by atoms with Crippen LogP contribution in [0.5, 0.6) is 0 Å². The molecule has 0 N–H and O–H groups in total. The van der Waals surface area contributed by atoms with Crippen molar-refractivity contribution in [1.29, 1.82) is 0 Å². The number of esters is 2. The number of carbonyl (C=O) groups is 3. The van der Waals surface area contributed by atoms with Gasteiger partial charge in [-0.1, -0.05) is 39.0 Å². The predicted molar refractivity (Wildman–Crippen MR) is 131 cm³/mol. The molecule has 3 rings (SSSR count). The summed E-state index contributed by atoms with van der Waals surface area (Å²) in [7, 11) is 0. The molecule has 2 fully saturated rings. The van der Waals surface area contributed by atoms with E-state index in [4.69, 9.17) is 9.47 Å². The molecule has 1 aliphatic heterocycles. The second-order valence-electron chi connectivity index (χ2n) is 10.4. The number of non-ortho nitro benzene ring substituents is 2. The van der Waals surface area contributed by atoms with Gasteiger partial charge in [-0.15, -0.1) is 0 Å². The van der Waals surface area contributed by atoms with E-state index in [9.17, 15) is 34.6 Å². The van der Waals surface area contributed by atoms with Gasteiger partial charge in [0.2, 0.25) is 5.12 Å². The van der Waals surface area contributed by atoms with Crippen LogP contribution in [0.3, 0.4) is 0 Å². The number of nitro benzene ring substituents is 2. The maximum absolute atomic E-state index is 13.6. The molecule has 3 unspecified atom stereocenters. The molecule has 0 radical (unpaired) electrons. The van der Waals surface area contributed by atoms with Crippen molar-refractivity contribution < 1.29 is 33.7 Å². The number of rotatable bonds is 10. The molecule has 1 heterocycles. The largest absolute Gasteiger partial charge is 0.462 e. The van der Waals surface area contributed by atoms with Crippen molar-refractivity contribution in [3.05, 3.63) is 44.0 Å². The topological polar surface area (TPSA) is 156 Å². The molecule has 36 heavy (non-hydrogen) atoms. The summed E-state index contributed by atoms with van der Waals surface area (Å²) in [5, 5.41) is 21.9. The summed E-state index contributed by atoms with van der Waals surface area (Å²) >= 11 is 1.10. The van der Waals surface area contributed by atoms with Crippen molar-refractivity contribution in [2.24, 2.45) is 10.8 Å². The van der Waals surface area contributed by atoms with Crippen LogP contribution in [-0.2, 0) is 19.1 Å². The molecular weight excluding hydrogens is 492 g/mol. The minimum Gasteiger partial charge on any atom is -0.462 e. The number of ether oxygens (including phenoxy) is 2. The molecule has 3 atom stereocenters. The summed E-state index contributed by atoms with van der Waals surface area (Å²) in [6.45, 7) is 9.34. The Kier molecular flexibility index (Phi) is 7.24. The monoisotopic (exact) mass is 522 g/mol. The first kappa shape index (κ1) is 27.6. The Morgan fingerprint density at radius 3 is 2.11 bits per heavy atom. The molecular formula is C24H30N2O9S. The van der Waals surface area contributed by atoms with Gasteiger partial charge in [0, 0.05) is 22.3 Å². The van der Waals surface area contributed by atoms with Crippen molar-refractivity contribution in [2.45, 2.75) is 77.1 Å². The molecule has 1 aromatic rings. The van der Waals surface area contributed by atoms with Crippen molar-refractivity contribution in [1.82, 2.24) is 0 Å². The molecule has 1 saturated heterocycles. The quantitative estimate of drug-likeness (QED) is 0.233. The lowest BCUT2D eigenvalue weighted by Gasteiger charge is -2.38. The predicted octanol–water partition coefficient (Wildman–Crippen LogP) is 4.99. The number of hydrogen-bond acceptors (Lipinski definition) is 10. The van der Waals surface area contributed by atoms with E-state index in [2.05, 4.69) is 0 Å². The van der Waals surface area contributed by atoms with Crippen molar-refractivity contribution in [2.75, 3.05) is 6.61 Å². The highest BCUT2D eigenvalue weighted by Crippen LogP contribution is 2.67. The van der Waals surface area contributed by atoms with Crippen LogP contribution < -0.4 is 0 Å². The van der Waals surface area contributed by atoms with Gasteiger partial charge in [-0.3, -0.25) is 29.8 Å². The standard InChI is InChI=1S/C24H30N2O9S/c1-6-7-22(4,36-20(29)24-9-8-23(5,19(28)35-24)21(24,2)3)10-11-34-18(27)15-12-16(25(30)31)14-17(13-15)26(32)33/h12-14H,6-11H2,1-5H3. The van der Waals surface area contributed by atoms with Gasteiger partial charge in [0.1, 0.15) is 0 Å². The average molecular weight is 523 g/mol. The van der Waals surface area contributed by atoms with E-state index in [0.29, 0.717) is 19.3 Å². The zero-order valence-electron chi connectivity index (χ0n) is 21.0. The molecule has 11 nitrogen and oxygen atoms in total. The SMILES string of the molecule is CCCC(C)(CCOC(=O)c1cc([N+](=O)[O-])cc([N+](=O)[O-])c1)SC(=O)C12CCC(C)(C(=O)O1)C2(C)C. The minimum absolute atomic E-state index is 0.111. The number of thioether (sulfide) groups is 1. The molecule has 1 saturated carbocycles. The van der Waals surface area contributed by atoms with Crippen LogP contribution in [0.2, 0.25) is 0 Å². The van der Waals surface area contributed by atoms with Crippen LogP contribution in [0.15, 0.2) is 18.2 Å². The summed E-state index contributed by atoms with van der Waals surface area (Å²) in [6.07, 6.45) is 2.67.